The SMILES string of the molecule is COC(=O)c1cccc(CC[PH](=O)OC)c1. The van der Waals surface area contributed by atoms with Gasteiger partial charge in [0, 0.05) is 13.3 Å². The molecule has 0 aromatic heterocycles. The van der Waals surface area contributed by atoms with Gasteiger partial charge >= 0.3 is 5.97 Å². The Morgan fingerprint density at radius 1 is 1.38 bits per heavy atom. The standard InChI is InChI=1S/C11H15O4P/c1-14-11(12)10-5-3-4-9(8-10)6-7-16(13)15-2/h3-5,8,16H,6-7H2,1-2H3. The van der Waals surface area contributed by atoms with Crippen molar-refractivity contribution < 1.29 is 18.6 Å². The number of benzene rings is 1. The molecule has 0 saturated carbocycles. The molecule has 0 amide bonds. The van der Waals surface area contributed by atoms with Gasteiger partial charge in [-0.1, -0.05) is 12.1 Å². The summed E-state index contributed by atoms with van der Waals surface area (Å²) in [5, 5.41) is 0. The summed E-state index contributed by atoms with van der Waals surface area (Å²) in [5.74, 6) is -0.360. The van der Waals surface area contributed by atoms with Crippen LogP contribution in [0, 0.1) is 0 Å². The predicted octanol–water partition coefficient (Wildman–Crippen LogP) is 2.14. The Morgan fingerprint density at radius 2 is 2.12 bits per heavy atom. The molecule has 88 valence electrons. The van der Waals surface area contributed by atoms with Crippen molar-refractivity contribution in [3.8, 4) is 0 Å². The van der Waals surface area contributed by atoms with Gasteiger partial charge in [-0.3, -0.25) is 4.57 Å². The monoisotopic (exact) mass is 242 g/mol. The number of rotatable bonds is 5. The Morgan fingerprint density at radius 3 is 2.75 bits per heavy atom. The van der Waals surface area contributed by atoms with Gasteiger partial charge in [0.05, 0.1) is 12.7 Å². The summed E-state index contributed by atoms with van der Waals surface area (Å²) in [5.41, 5.74) is 1.47. The first-order valence-electron chi connectivity index (χ1n) is 4.91. The van der Waals surface area contributed by atoms with Gasteiger partial charge in [-0.2, -0.15) is 0 Å². The zero-order valence-corrected chi connectivity index (χ0v) is 10.4. The van der Waals surface area contributed by atoms with Crippen molar-refractivity contribution in [1.29, 1.82) is 0 Å². The number of aryl methyl sites for hydroxylation is 1. The van der Waals surface area contributed by atoms with Crippen molar-refractivity contribution in [3.63, 3.8) is 0 Å². The van der Waals surface area contributed by atoms with E-state index in [0.29, 0.717) is 18.1 Å². The van der Waals surface area contributed by atoms with E-state index in [0.717, 1.165) is 5.56 Å². The van der Waals surface area contributed by atoms with E-state index < -0.39 is 8.03 Å². The zero-order chi connectivity index (χ0) is 12.0. The summed E-state index contributed by atoms with van der Waals surface area (Å²) < 4.78 is 20.5. The van der Waals surface area contributed by atoms with Gasteiger partial charge < -0.3 is 9.26 Å². The van der Waals surface area contributed by atoms with Gasteiger partial charge in [0.2, 0.25) is 0 Å². The highest BCUT2D eigenvalue weighted by molar-refractivity contribution is 7.39. The molecule has 0 fully saturated rings. The van der Waals surface area contributed by atoms with Crippen LogP contribution in [-0.2, 0) is 20.2 Å². The number of esters is 1. The predicted molar refractivity (Wildman–Crippen MR) is 62.4 cm³/mol. The first kappa shape index (κ1) is 12.9. The topological polar surface area (TPSA) is 52.6 Å². The minimum absolute atomic E-state index is 0.360. The van der Waals surface area contributed by atoms with Crippen molar-refractivity contribution in [2.75, 3.05) is 20.4 Å². The lowest BCUT2D eigenvalue weighted by Crippen LogP contribution is -2.02. The maximum Gasteiger partial charge on any atom is 0.337 e. The van der Waals surface area contributed by atoms with E-state index in [1.165, 1.54) is 14.2 Å². The summed E-state index contributed by atoms with van der Waals surface area (Å²) in [4.78, 5) is 11.3. The molecule has 0 bridgehead atoms. The van der Waals surface area contributed by atoms with Crippen molar-refractivity contribution >= 4 is 14.0 Å². The second kappa shape index (κ2) is 6.46. The molecule has 0 heterocycles. The number of carbonyl (C=O) groups excluding carboxylic acids is 1. The smallest absolute Gasteiger partial charge is 0.337 e. The fourth-order valence-corrected chi connectivity index (χ4v) is 2.02. The molecule has 0 aliphatic rings. The molecule has 0 aliphatic carbocycles. The average molecular weight is 242 g/mol. The third kappa shape index (κ3) is 3.80. The Hall–Kier alpha value is -1.12. The quantitative estimate of drug-likeness (QED) is 0.586. The molecule has 1 aromatic carbocycles. The lowest BCUT2D eigenvalue weighted by atomic mass is 10.1. The molecular formula is C11H15O4P. The van der Waals surface area contributed by atoms with Gasteiger partial charge in [-0.15, -0.1) is 0 Å². The average Bonchev–Trinajstić information content (AvgIpc) is 2.35. The molecule has 0 spiro atoms. The molecule has 4 nitrogen and oxygen atoms in total. The molecule has 0 radical (unpaired) electrons. The highest BCUT2D eigenvalue weighted by Gasteiger charge is 2.06. The highest BCUT2D eigenvalue weighted by atomic mass is 31.1. The second-order valence-electron chi connectivity index (χ2n) is 3.27. The number of hydrogen-bond acceptors (Lipinski definition) is 4. The summed E-state index contributed by atoms with van der Waals surface area (Å²) in [6, 6.07) is 7.11. The van der Waals surface area contributed by atoms with E-state index in [2.05, 4.69) is 4.74 Å². The minimum atomic E-state index is -1.93. The van der Waals surface area contributed by atoms with Crippen LogP contribution in [0.5, 0.6) is 0 Å². The van der Waals surface area contributed by atoms with Crippen LogP contribution in [0.2, 0.25) is 0 Å². The van der Waals surface area contributed by atoms with Crippen molar-refractivity contribution in [1.82, 2.24) is 0 Å². The van der Waals surface area contributed by atoms with Crippen LogP contribution < -0.4 is 0 Å². The van der Waals surface area contributed by atoms with Crippen LogP contribution in [-0.4, -0.2) is 26.4 Å². The van der Waals surface area contributed by atoms with Gasteiger partial charge in [0.1, 0.15) is 0 Å². The fourth-order valence-electron chi connectivity index (χ4n) is 1.32. The van der Waals surface area contributed by atoms with E-state index in [1.54, 1.807) is 18.2 Å². The molecule has 1 aromatic rings. The highest BCUT2D eigenvalue weighted by Crippen LogP contribution is 2.21. The number of methoxy groups -OCH3 is 1. The van der Waals surface area contributed by atoms with Crippen LogP contribution in [0.1, 0.15) is 15.9 Å². The van der Waals surface area contributed by atoms with E-state index in [9.17, 15) is 9.36 Å². The maximum absolute atomic E-state index is 11.3. The Kier molecular flexibility index (Phi) is 5.23. The number of hydrogen-bond donors (Lipinski definition) is 0. The van der Waals surface area contributed by atoms with Gasteiger partial charge in [-0.05, 0) is 24.1 Å². The summed E-state index contributed by atoms with van der Waals surface area (Å²) in [7, 11) is 0.852. The van der Waals surface area contributed by atoms with Crippen LogP contribution in [0.15, 0.2) is 24.3 Å². The largest absolute Gasteiger partial charge is 0.465 e. The number of carbonyl (C=O) groups is 1. The van der Waals surface area contributed by atoms with Crippen molar-refractivity contribution in [2.24, 2.45) is 0 Å². The number of ether oxygens (including phenoxy) is 1. The Bertz CT molecular complexity index is 389. The lowest BCUT2D eigenvalue weighted by molar-refractivity contribution is 0.0600. The molecule has 1 rings (SSSR count). The van der Waals surface area contributed by atoms with Gasteiger partial charge in [0.25, 0.3) is 0 Å². The molecule has 0 aliphatic heterocycles. The van der Waals surface area contributed by atoms with Crippen LogP contribution in [0.4, 0.5) is 0 Å². The molecule has 0 N–H and O–H groups in total. The van der Waals surface area contributed by atoms with Crippen LogP contribution >= 0.6 is 8.03 Å². The fraction of sp³-hybridized carbons (Fsp3) is 0.364. The summed E-state index contributed by atoms with van der Waals surface area (Å²) in [6.45, 7) is 0. The molecule has 0 saturated heterocycles. The van der Waals surface area contributed by atoms with E-state index in [1.807, 2.05) is 6.07 Å². The maximum atomic E-state index is 11.3. The van der Waals surface area contributed by atoms with E-state index >= 15 is 0 Å². The molecule has 1 atom stereocenters. The molecule has 1 unspecified atom stereocenters. The van der Waals surface area contributed by atoms with Gasteiger partial charge in [-0.25, -0.2) is 4.79 Å². The normalized spacial score (nSPS) is 12.1. The van der Waals surface area contributed by atoms with E-state index in [4.69, 9.17) is 4.52 Å². The van der Waals surface area contributed by atoms with Gasteiger partial charge in [0.15, 0.2) is 8.03 Å². The summed E-state index contributed by atoms with van der Waals surface area (Å²) >= 11 is 0. The van der Waals surface area contributed by atoms with E-state index in [-0.39, 0.29) is 5.97 Å². The first-order valence-corrected chi connectivity index (χ1v) is 6.44. The summed E-state index contributed by atoms with van der Waals surface area (Å²) in [6.07, 6.45) is 1.13. The molecule has 16 heavy (non-hydrogen) atoms. The minimum Gasteiger partial charge on any atom is -0.465 e. The van der Waals surface area contributed by atoms with Crippen molar-refractivity contribution in [2.45, 2.75) is 6.42 Å². The van der Waals surface area contributed by atoms with Crippen LogP contribution in [0.25, 0.3) is 0 Å². The molecular weight excluding hydrogens is 227 g/mol. The second-order valence-corrected chi connectivity index (χ2v) is 4.92. The van der Waals surface area contributed by atoms with Crippen LogP contribution in [0.3, 0.4) is 0 Å². The molecule has 5 heteroatoms. The third-order valence-electron chi connectivity index (χ3n) is 2.19. The van der Waals surface area contributed by atoms with Crippen molar-refractivity contribution in [3.05, 3.63) is 35.4 Å². The zero-order valence-electron chi connectivity index (χ0n) is 9.36. The Labute approximate surface area is 95.4 Å². The third-order valence-corrected chi connectivity index (χ3v) is 3.31. The lowest BCUT2D eigenvalue weighted by Gasteiger charge is -2.03. The first-order chi connectivity index (χ1) is 7.67. The Balaban J connectivity index is 2.67.